The van der Waals surface area contributed by atoms with Gasteiger partial charge in [-0.3, -0.25) is 4.90 Å². The minimum atomic E-state index is 0.224. The SMILES string of the molecule is COCc1cccc(C2C(CNC3CC3)OCCN2C)c1. The van der Waals surface area contributed by atoms with Gasteiger partial charge in [0.15, 0.2) is 0 Å². The van der Waals surface area contributed by atoms with E-state index in [4.69, 9.17) is 9.47 Å². The van der Waals surface area contributed by atoms with Gasteiger partial charge in [-0.15, -0.1) is 0 Å². The summed E-state index contributed by atoms with van der Waals surface area (Å²) in [5.74, 6) is 0. The minimum Gasteiger partial charge on any atom is -0.380 e. The minimum absolute atomic E-state index is 0.224. The van der Waals surface area contributed by atoms with E-state index in [-0.39, 0.29) is 6.10 Å². The third-order valence-corrected chi connectivity index (χ3v) is 4.39. The third-order valence-electron chi connectivity index (χ3n) is 4.39. The molecule has 1 heterocycles. The van der Waals surface area contributed by atoms with E-state index in [1.54, 1.807) is 7.11 Å². The van der Waals surface area contributed by atoms with Crippen LogP contribution in [-0.4, -0.2) is 50.9 Å². The maximum atomic E-state index is 6.06. The van der Waals surface area contributed by atoms with Gasteiger partial charge in [0.05, 0.1) is 25.4 Å². The lowest BCUT2D eigenvalue weighted by atomic mass is 9.96. The Morgan fingerprint density at radius 1 is 1.38 bits per heavy atom. The quantitative estimate of drug-likeness (QED) is 0.868. The molecule has 3 rings (SSSR count). The van der Waals surface area contributed by atoms with Gasteiger partial charge in [-0.25, -0.2) is 0 Å². The van der Waals surface area contributed by atoms with Crippen molar-refractivity contribution in [1.82, 2.24) is 10.2 Å². The van der Waals surface area contributed by atoms with E-state index < -0.39 is 0 Å². The Morgan fingerprint density at radius 3 is 3.00 bits per heavy atom. The van der Waals surface area contributed by atoms with Crippen LogP contribution in [0.2, 0.25) is 0 Å². The molecule has 0 bridgehead atoms. The molecule has 4 nitrogen and oxygen atoms in total. The van der Waals surface area contributed by atoms with Crippen molar-refractivity contribution in [3.05, 3.63) is 35.4 Å². The van der Waals surface area contributed by atoms with E-state index in [2.05, 4.69) is 41.5 Å². The molecule has 1 saturated carbocycles. The summed E-state index contributed by atoms with van der Waals surface area (Å²) in [7, 11) is 3.94. The van der Waals surface area contributed by atoms with Crippen molar-refractivity contribution in [2.75, 3.05) is 33.9 Å². The Balaban J connectivity index is 1.75. The zero-order chi connectivity index (χ0) is 14.7. The Hall–Kier alpha value is -0.940. The fraction of sp³-hybridized carbons (Fsp3) is 0.647. The molecule has 0 aromatic heterocycles. The Bertz CT molecular complexity index is 462. The van der Waals surface area contributed by atoms with Crippen LogP contribution < -0.4 is 5.32 Å². The van der Waals surface area contributed by atoms with Gasteiger partial charge in [-0.05, 0) is 31.0 Å². The molecule has 1 aromatic carbocycles. The van der Waals surface area contributed by atoms with E-state index in [0.29, 0.717) is 12.6 Å². The van der Waals surface area contributed by atoms with E-state index in [1.807, 2.05) is 0 Å². The number of nitrogens with one attached hydrogen (secondary N) is 1. The lowest BCUT2D eigenvalue weighted by Crippen LogP contribution is -2.47. The maximum Gasteiger partial charge on any atom is 0.0896 e. The first-order valence-electron chi connectivity index (χ1n) is 7.91. The Labute approximate surface area is 127 Å². The molecule has 21 heavy (non-hydrogen) atoms. The molecule has 0 amide bonds. The summed E-state index contributed by atoms with van der Waals surface area (Å²) >= 11 is 0. The molecule has 2 aliphatic rings. The predicted molar refractivity (Wildman–Crippen MR) is 83.3 cm³/mol. The topological polar surface area (TPSA) is 33.7 Å². The molecular weight excluding hydrogens is 264 g/mol. The smallest absolute Gasteiger partial charge is 0.0896 e. The first kappa shape index (κ1) is 15.0. The van der Waals surface area contributed by atoms with Crippen molar-refractivity contribution in [3.8, 4) is 0 Å². The second-order valence-corrected chi connectivity index (χ2v) is 6.20. The summed E-state index contributed by atoms with van der Waals surface area (Å²) in [4.78, 5) is 2.41. The van der Waals surface area contributed by atoms with Crippen LogP contribution in [0.4, 0.5) is 0 Å². The molecule has 2 unspecified atom stereocenters. The first-order chi connectivity index (χ1) is 10.3. The second kappa shape index (κ2) is 6.88. The van der Waals surface area contributed by atoms with Crippen LogP contribution in [-0.2, 0) is 16.1 Å². The molecule has 0 spiro atoms. The highest BCUT2D eigenvalue weighted by atomic mass is 16.5. The van der Waals surface area contributed by atoms with Crippen LogP contribution >= 0.6 is 0 Å². The average molecular weight is 290 g/mol. The fourth-order valence-corrected chi connectivity index (χ4v) is 3.11. The molecular formula is C17H26N2O2. The zero-order valence-corrected chi connectivity index (χ0v) is 13.0. The fourth-order valence-electron chi connectivity index (χ4n) is 3.11. The molecule has 2 fully saturated rings. The second-order valence-electron chi connectivity index (χ2n) is 6.20. The van der Waals surface area contributed by atoms with Gasteiger partial charge in [-0.2, -0.15) is 0 Å². The lowest BCUT2D eigenvalue weighted by molar-refractivity contribution is -0.0615. The van der Waals surface area contributed by atoms with Crippen molar-refractivity contribution >= 4 is 0 Å². The van der Waals surface area contributed by atoms with Gasteiger partial charge in [0.2, 0.25) is 0 Å². The molecule has 1 aromatic rings. The number of morpholine rings is 1. The molecule has 0 radical (unpaired) electrons. The highest BCUT2D eigenvalue weighted by molar-refractivity contribution is 5.27. The number of methoxy groups -OCH3 is 1. The van der Waals surface area contributed by atoms with Crippen molar-refractivity contribution in [3.63, 3.8) is 0 Å². The number of nitrogens with zero attached hydrogens (tertiary/aromatic N) is 1. The summed E-state index contributed by atoms with van der Waals surface area (Å²) in [5, 5.41) is 3.61. The zero-order valence-electron chi connectivity index (χ0n) is 13.0. The average Bonchev–Trinajstić information content (AvgIpc) is 3.30. The summed E-state index contributed by atoms with van der Waals surface area (Å²) in [6.07, 6.45) is 2.86. The summed E-state index contributed by atoms with van der Waals surface area (Å²) in [6, 6.07) is 9.75. The van der Waals surface area contributed by atoms with Crippen LogP contribution in [0, 0.1) is 0 Å². The maximum absolute atomic E-state index is 6.06. The number of hydrogen-bond acceptors (Lipinski definition) is 4. The van der Waals surface area contributed by atoms with Gasteiger partial charge < -0.3 is 14.8 Å². The standard InChI is InChI=1S/C17H26N2O2/c1-19-8-9-21-16(11-18-15-6-7-15)17(19)14-5-3-4-13(10-14)12-20-2/h3-5,10,15-18H,6-9,11-12H2,1-2H3. The van der Waals surface area contributed by atoms with Crippen LogP contribution in [0.25, 0.3) is 0 Å². The van der Waals surface area contributed by atoms with Gasteiger partial charge >= 0.3 is 0 Å². The number of rotatable bonds is 6. The van der Waals surface area contributed by atoms with Gasteiger partial charge in [-0.1, -0.05) is 24.3 Å². The first-order valence-corrected chi connectivity index (χ1v) is 7.91. The molecule has 4 heteroatoms. The predicted octanol–water partition coefficient (Wildman–Crippen LogP) is 1.96. The largest absolute Gasteiger partial charge is 0.380 e. The van der Waals surface area contributed by atoms with Crippen molar-refractivity contribution in [2.24, 2.45) is 0 Å². The Kier molecular flexibility index (Phi) is 4.91. The molecule has 1 aliphatic heterocycles. The van der Waals surface area contributed by atoms with E-state index in [9.17, 15) is 0 Å². The summed E-state index contributed by atoms with van der Waals surface area (Å²) in [5.41, 5.74) is 2.55. The molecule has 1 N–H and O–H groups in total. The van der Waals surface area contributed by atoms with Gasteiger partial charge in [0.25, 0.3) is 0 Å². The van der Waals surface area contributed by atoms with Gasteiger partial charge in [0, 0.05) is 26.2 Å². The van der Waals surface area contributed by atoms with Crippen LogP contribution in [0.1, 0.15) is 30.0 Å². The van der Waals surface area contributed by atoms with Crippen LogP contribution in [0.3, 0.4) is 0 Å². The molecule has 1 aliphatic carbocycles. The number of ether oxygens (including phenoxy) is 2. The highest BCUT2D eigenvalue weighted by Gasteiger charge is 2.33. The van der Waals surface area contributed by atoms with Gasteiger partial charge in [0.1, 0.15) is 0 Å². The highest BCUT2D eigenvalue weighted by Crippen LogP contribution is 2.29. The molecule has 116 valence electrons. The molecule has 2 atom stereocenters. The van der Waals surface area contributed by atoms with Crippen molar-refractivity contribution in [1.29, 1.82) is 0 Å². The van der Waals surface area contributed by atoms with Crippen LogP contribution in [0.15, 0.2) is 24.3 Å². The van der Waals surface area contributed by atoms with Crippen LogP contribution in [0.5, 0.6) is 0 Å². The third kappa shape index (κ3) is 3.83. The lowest BCUT2D eigenvalue weighted by Gasteiger charge is -2.39. The van der Waals surface area contributed by atoms with E-state index >= 15 is 0 Å². The number of likely N-dealkylation sites (N-methyl/N-ethyl adjacent to an activating group) is 1. The number of benzene rings is 1. The Morgan fingerprint density at radius 2 is 2.24 bits per heavy atom. The summed E-state index contributed by atoms with van der Waals surface area (Å²) < 4.78 is 11.3. The van der Waals surface area contributed by atoms with E-state index in [0.717, 1.165) is 25.7 Å². The van der Waals surface area contributed by atoms with Crippen molar-refractivity contribution in [2.45, 2.75) is 37.6 Å². The van der Waals surface area contributed by atoms with Crippen molar-refractivity contribution < 1.29 is 9.47 Å². The van der Waals surface area contributed by atoms with E-state index in [1.165, 1.54) is 24.0 Å². The molecule has 1 saturated heterocycles. The summed E-state index contributed by atoms with van der Waals surface area (Å²) in [6.45, 7) is 3.41. The monoisotopic (exact) mass is 290 g/mol. The number of hydrogen-bond donors (Lipinski definition) is 1. The normalized spacial score (nSPS) is 27.0.